The minimum Gasteiger partial charge on any atom is -0.405 e. The second kappa shape index (κ2) is 6.37. The third-order valence-corrected chi connectivity index (χ3v) is 3.22. The van der Waals surface area contributed by atoms with Crippen molar-refractivity contribution >= 4 is 11.6 Å². The SMILES string of the molecule is OCCc1cc(-c2ccccc2OC(F)(F)F)ccc1Cl. The van der Waals surface area contributed by atoms with Crippen molar-refractivity contribution in [2.45, 2.75) is 12.8 Å². The van der Waals surface area contributed by atoms with Gasteiger partial charge < -0.3 is 9.84 Å². The first-order valence-electron chi connectivity index (χ1n) is 6.15. The molecule has 0 aliphatic rings. The molecule has 0 fully saturated rings. The van der Waals surface area contributed by atoms with Crippen molar-refractivity contribution in [2.75, 3.05) is 6.61 Å². The van der Waals surface area contributed by atoms with E-state index in [-0.39, 0.29) is 12.4 Å². The lowest BCUT2D eigenvalue weighted by Gasteiger charge is -2.14. The molecular weight excluding hydrogens is 305 g/mol. The second-order valence-corrected chi connectivity index (χ2v) is 4.73. The summed E-state index contributed by atoms with van der Waals surface area (Å²) in [4.78, 5) is 0. The quantitative estimate of drug-likeness (QED) is 0.903. The molecule has 0 atom stereocenters. The minimum atomic E-state index is -4.75. The van der Waals surface area contributed by atoms with Gasteiger partial charge in [0.2, 0.25) is 0 Å². The molecule has 0 saturated heterocycles. The largest absolute Gasteiger partial charge is 0.573 e. The molecule has 21 heavy (non-hydrogen) atoms. The normalized spacial score (nSPS) is 11.5. The summed E-state index contributed by atoms with van der Waals surface area (Å²) < 4.78 is 41.3. The molecule has 0 saturated carbocycles. The first-order chi connectivity index (χ1) is 9.90. The molecule has 0 aromatic heterocycles. The Bertz CT molecular complexity index is 627. The molecule has 0 bridgehead atoms. The summed E-state index contributed by atoms with van der Waals surface area (Å²) in [5, 5.41) is 9.44. The summed E-state index contributed by atoms with van der Waals surface area (Å²) in [7, 11) is 0. The third kappa shape index (κ3) is 4.12. The summed E-state index contributed by atoms with van der Waals surface area (Å²) in [5.74, 6) is -0.276. The molecule has 0 radical (unpaired) electrons. The predicted octanol–water partition coefficient (Wildman–Crippen LogP) is 4.44. The number of halogens is 4. The van der Waals surface area contributed by atoms with E-state index in [0.29, 0.717) is 28.1 Å². The van der Waals surface area contributed by atoms with Crippen molar-refractivity contribution in [1.82, 2.24) is 0 Å². The highest BCUT2D eigenvalue weighted by atomic mass is 35.5. The fourth-order valence-electron chi connectivity index (χ4n) is 1.97. The van der Waals surface area contributed by atoms with Gasteiger partial charge in [0.15, 0.2) is 0 Å². The van der Waals surface area contributed by atoms with Crippen molar-refractivity contribution in [3.8, 4) is 16.9 Å². The van der Waals surface area contributed by atoms with E-state index in [2.05, 4.69) is 4.74 Å². The van der Waals surface area contributed by atoms with Crippen LogP contribution in [0.5, 0.6) is 5.75 Å². The lowest BCUT2D eigenvalue weighted by atomic mass is 10.0. The first kappa shape index (κ1) is 15.7. The molecule has 2 aromatic rings. The highest BCUT2D eigenvalue weighted by molar-refractivity contribution is 6.31. The molecule has 0 unspecified atom stereocenters. The van der Waals surface area contributed by atoms with E-state index in [1.54, 1.807) is 24.3 Å². The molecule has 2 rings (SSSR count). The van der Waals surface area contributed by atoms with Gasteiger partial charge in [-0.05, 0) is 35.7 Å². The number of rotatable bonds is 4. The summed E-state index contributed by atoms with van der Waals surface area (Å²) >= 11 is 5.99. The molecule has 0 heterocycles. The van der Waals surface area contributed by atoms with E-state index >= 15 is 0 Å². The van der Waals surface area contributed by atoms with Crippen LogP contribution < -0.4 is 4.74 Å². The average molecular weight is 317 g/mol. The summed E-state index contributed by atoms with van der Waals surface area (Å²) in [6, 6.07) is 10.7. The van der Waals surface area contributed by atoms with Crippen molar-refractivity contribution in [2.24, 2.45) is 0 Å². The van der Waals surface area contributed by atoms with E-state index < -0.39 is 6.36 Å². The molecule has 1 N–H and O–H groups in total. The van der Waals surface area contributed by atoms with Gasteiger partial charge in [-0.15, -0.1) is 13.2 Å². The first-order valence-corrected chi connectivity index (χ1v) is 6.53. The van der Waals surface area contributed by atoms with Crippen LogP contribution in [-0.2, 0) is 6.42 Å². The van der Waals surface area contributed by atoms with Crippen LogP contribution in [0, 0.1) is 0 Å². The molecule has 0 aliphatic heterocycles. The Morgan fingerprint density at radius 2 is 1.81 bits per heavy atom. The van der Waals surface area contributed by atoms with E-state index in [1.807, 2.05) is 0 Å². The zero-order chi connectivity index (χ0) is 15.5. The van der Waals surface area contributed by atoms with Crippen LogP contribution in [0.3, 0.4) is 0 Å². The molecule has 0 amide bonds. The smallest absolute Gasteiger partial charge is 0.405 e. The number of ether oxygens (including phenoxy) is 1. The van der Waals surface area contributed by atoms with E-state index in [0.717, 1.165) is 0 Å². The number of hydrogen-bond donors (Lipinski definition) is 1. The average Bonchev–Trinajstić information content (AvgIpc) is 2.40. The summed E-state index contributed by atoms with van der Waals surface area (Å²) in [6.45, 7) is -0.0934. The minimum absolute atomic E-state index is 0.0934. The molecule has 6 heteroatoms. The Hall–Kier alpha value is -1.72. The van der Waals surface area contributed by atoms with Gasteiger partial charge in [0.05, 0.1) is 0 Å². The fraction of sp³-hybridized carbons (Fsp3) is 0.200. The molecule has 2 aromatic carbocycles. The molecule has 0 spiro atoms. The van der Waals surface area contributed by atoms with Crippen LogP contribution >= 0.6 is 11.6 Å². The van der Waals surface area contributed by atoms with Gasteiger partial charge in [-0.25, -0.2) is 0 Å². The van der Waals surface area contributed by atoms with E-state index in [4.69, 9.17) is 16.7 Å². The van der Waals surface area contributed by atoms with Gasteiger partial charge in [0.25, 0.3) is 0 Å². The van der Waals surface area contributed by atoms with Crippen LogP contribution in [-0.4, -0.2) is 18.1 Å². The predicted molar refractivity (Wildman–Crippen MR) is 74.4 cm³/mol. The van der Waals surface area contributed by atoms with Crippen LogP contribution in [0.4, 0.5) is 13.2 Å². The van der Waals surface area contributed by atoms with Crippen LogP contribution in [0.2, 0.25) is 5.02 Å². The number of para-hydroxylation sites is 1. The Morgan fingerprint density at radius 1 is 1.10 bits per heavy atom. The van der Waals surface area contributed by atoms with Crippen molar-refractivity contribution in [3.05, 3.63) is 53.1 Å². The number of benzene rings is 2. The maximum Gasteiger partial charge on any atom is 0.573 e. The third-order valence-electron chi connectivity index (χ3n) is 2.85. The molecule has 112 valence electrons. The van der Waals surface area contributed by atoms with Gasteiger partial charge in [0, 0.05) is 17.2 Å². The number of alkyl halides is 3. The van der Waals surface area contributed by atoms with Crippen LogP contribution in [0.1, 0.15) is 5.56 Å². The number of aliphatic hydroxyl groups is 1. The maximum atomic E-state index is 12.4. The van der Waals surface area contributed by atoms with Crippen LogP contribution in [0.25, 0.3) is 11.1 Å². The highest BCUT2D eigenvalue weighted by Crippen LogP contribution is 2.35. The van der Waals surface area contributed by atoms with Crippen molar-refractivity contribution in [3.63, 3.8) is 0 Å². The molecule has 2 nitrogen and oxygen atoms in total. The standard InChI is InChI=1S/C15H12ClF3O2/c16-13-6-5-10(9-11(13)7-8-20)12-3-1-2-4-14(12)21-15(17,18)19/h1-6,9,20H,7-8H2. The van der Waals surface area contributed by atoms with Gasteiger partial charge in [-0.1, -0.05) is 35.9 Å². The van der Waals surface area contributed by atoms with E-state index in [1.165, 1.54) is 18.2 Å². The lowest BCUT2D eigenvalue weighted by molar-refractivity contribution is -0.274. The number of aliphatic hydroxyl groups excluding tert-OH is 1. The highest BCUT2D eigenvalue weighted by Gasteiger charge is 2.32. The van der Waals surface area contributed by atoms with Gasteiger partial charge in [-0.3, -0.25) is 0 Å². The number of hydrogen-bond acceptors (Lipinski definition) is 2. The fourth-order valence-corrected chi connectivity index (χ4v) is 2.19. The zero-order valence-corrected chi connectivity index (χ0v) is 11.6. The lowest BCUT2D eigenvalue weighted by Crippen LogP contribution is -2.17. The van der Waals surface area contributed by atoms with Gasteiger partial charge in [-0.2, -0.15) is 0 Å². The van der Waals surface area contributed by atoms with Gasteiger partial charge >= 0.3 is 6.36 Å². The molecule has 0 aliphatic carbocycles. The van der Waals surface area contributed by atoms with Gasteiger partial charge in [0.1, 0.15) is 5.75 Å². The summed E-state index contributed by atoms with van der Waals surface area (Å²) in [6.07, 6.45) is -4.43. The topological polar surface area (TPSA) is 29.5 Å². The summed E-state index contributed by atoms with van der Waals surface area (Å²) in [5.41, 5.74) is 1.52. The van der Waals surface area contributed by atoms with Crippen molar-refractivity contribution in [1.29, 1.82) is 0 Å². The van der Waals surface area contributed by atoms with Crippen LogP contribution in [0.15, 0.2) is 42.5 Å². The Labute approximate surface area is 124 Å². The second-order valence-electron chi connectivity index (χ2n) is 4.32. The van der Waals surface area contributed by atoms with E-state index in [9.17, 15) is 13.2 Å². The molecular formula is C15H12ClF3O2. The Balaban J connectivity index is 2.44. The van der Waals surface area contributed by atoms with Crippen molar-refractivity contribution < 1.29 is 23.0 Å². The zero-order valence-electron chi connectivity index (χ0n) is 10.8. The monoisotopic (exact) mass is 316 g/mol. The maximum absolute atomic E-state index is 12.4. The Kier molecular flexibility index (Phi) is 4.75. The Morgan fingerprint density at radius 3 is 2.48 bits per heavy atom.